The highest BCUT2D eigenvalue weighted by Crippen LogP contribution is 2.37. The third-order valence-corrected chi connectivity index (χ3v) is 5.34. The molecule has 28 heavy (non-hydrogen) atoms. The number of pyridine rings is 2. The van der Waals surface area contributed by atoms with Gasteiger partial charge in [0.25, 0.3) is 5.56 Å². The van der Waals surface area contributed by atoms with Gasteiger partial charge < -0.3 is 15.2 Å². The van der Waals surface area contributed by atoms with Gasteiger partial charge in [-0.2, -0.15) is 0 Å². The minimum atomic E-state index is 0.0468. The lowest BCUT2D eigenvalue weighted by molar-refractivity contribution is 0.817. The Hall–Kier alpha value is -3.08. The topological polar surface area (TPSA) is 59.0 Å². The fraction of sp³-hybridized carbons (Fsp3) is 0.304. The molecule has 3 aromatic rings. The van der Waals surface area contributed by atoms with Crippen molar-refractivity contribution in [3.63, 3.8) is 0 Å². The van der Waals surface area contributed by atoms with E-state index in [4.69, 9.17) is 0 Å². The van der Waals surface area contributed by atoms with Crippen molar-refractivity contribution in [2.24, 2.45) is 7.05 Å². The van der Waals surface area contributed by atoms with E-state index in [9.17, 15) is 4.79 Å². The van der Waals surface area contributed by atoms with Crippen molar-refractivity contribution >= 4 is 11.4 Å². The number of aryl methyl sites for hydroxylation is 3. The SMILES string of the molecule is Cc1cc(-c2cc3c(c(NC(C)c4ccccn4)c2)NCCC3)cn(C)c1=O. The van der Waals surface area contributed by atoms with Gasteiger partial charge in [0.15, 0.2) is 0 Å². The second-order valence-electron chi connectivity index (χ2n) is 7.54. The number of hydrogen-bond acceptors (Lipinski definition) is 4. The molecule has 144 valence electrons. The Morgan fingerprint density at radius 3 is 2.82 bits per heavy atom. The van der Waals surface area contributed by atoms with Crippen LogP contribution in [0.15, 0.2) is 53.6 Å². The van der Waals surface area contributed by atoms with Gasteiger partial charge in [-0.1, -0.05) is 6.07 Å². The molecule has 1 aromatic carbocycles. The Morgan fingerprint density at radius 1 is 1.21 bits per heavy atom. The summed E-state index contributed by atoms with van der Waals surface area (Å²) in [6, 6.07) is 12.5. The van der Waals surface area contributed by atoms with E-state index in [1.54, 1.807) is 11.6 Å². The highest BCUT2D eigenvalue weighted by Gasteiger charge is 2.18. The van der Waals surface area contributed by atoms with Crippen molar-refractivity contribution in [3.05, 3.63) is 76.0 Å². The van der Waals surface area contributed by atoms with Gasteiger partial charge in [0.2, 0.25) is 0 Å². The van der Waals surface area contributed by atoms with Crippen molar-refractivity contribution in [1.82, 2.24) is 9.55 Å². The fourth-order valence-corrected chi connectivity index (χ4v) is 3.86. The van der Waals surface area contributed by atoms with Crippen LogP contribution in [-0.2, 0) is 13.5 Å². The van der Waals surface area contributed by atoms with E-state index < -0.39 is 0 Å². The van der Waals surface area contributed by atoms with E-state index in [0.717, 1.165) is 47.5 Å². The van der Waals surface area contributed by atoms with Crippen molar-refractivity contribution in [1.29, 1.82) is 0 Å². The summed E-state index contributed by atoms with van der Waals surface area (Å²) in [7, 11) is 1.81. The summed E-state index contributed by atoms with van der Waals surface area (Å²) in [4.78, 5) is 16.6. The van der Waals surface area contributed by atoms with Crippen LogP contribution in [0.1, 0.15) is 36.2 Å². The van der Waals surface area contributed by atoms with Crippen molar-refractivity contribution in [3.8, 4) is 11.1 Å². The van der Waals surface area contributed by atoms with Gasteiger partial charge in [0.05, 0.1) is 23.1 Å². The van der Waals surface area contributed by atoms with Crippen molar-refractivity contribution in [2.75, 3.05) is 17.2 Å². The fourth-order valence-electron chi connectivity index (χ4n) is 3.86. The third-order valence-electron chi connectivity index (χ3n) is 5.34. The largest absolute Gasteiger partial charge is 0.383 e. The lowest BCUT2D eigenvalue weighted by Crippen LogP contribution is -2.19. The monoisotopic (exact) mass is 374 g/mol. The molecule has 1 atom stereocenters. The van der Waals surface area contributed by atoms with E-state index in [0.29, 0.717) is 0 Å². The molecule has 5 nitrogen and oxygen atoms in total. The Balaban J connectivity index is 1.77. The number of aromatic nitrogens is 2. The molecule has 5 heteroatoms. The molecule has 0 aliphatic carbocycles. The van der Waals surface area contributed by atoms with Crippen molar-refractivity contribution in [2.45, 2.75) is 32.7 Å². The van der Waals surface area contributed by atoms with Crippen LogP contribution in [0.2, 0.25) is 0 Å². The minimum Gasteiger partial charge on any atom is -0.383 e. The number of rotatable bonds is 4. The first-order valence-corrected chi connectivity index (χ1v) is 9.79. The number of nitrogens with zero attached hydrogens (tertiary/aromatic N) is 2. The molecule has 0 saturated heterocycles. The zero-order valence-corrected chi connectivity index (χ0v) is 16.6. The summed E-state index contributed by atoms with van der Waals surface area (Å²) in [6.45, 7) is 4.98. The van der Waals surface area contributed by atoms with Gasteiger partial charge in [-0.3, -0.25) is 9.78 Å². The first-order chi connectivity index (χ1) is 13.5. The second kappa shape index (κ2) is 7.50. The van der Waals surface area contributed by atoms with Gasteiger partial charge in [-0.15, -0.1) is 0 Å². The normalized spacial score (nSPS) is 14.1. The van der Waals surface area contributed by atoms with Crippen molar-refractivity contribution < 1.29 is 0 Å². The lowest BCUT2D eigenvalue weighted by atomic mass is 9.95. The zero-order valence-electron chi connectivity index (χ0n) is 16.6. The van der Waals surface area contributed by atoms with E-state index >= 15 is 0 Å². The van der Waals surface area contributed by atoms with E-state index in [1.807, 2.05) is 43.6 Å². The summed E-state index contributed by atoms with van der Waals surface area (Å²) in [5.41, 5.74) is 7.56. The molecule has 0 saturated carbocycles. The van der Waals surface area contributed by atoms with Crippen LogP contribution in [0, 0.1) is 6.92 Å². The summed E-state index contributed by atoms with van der Waals surface area (Å²) in [6.07, 6.45) is 5.91. The molecule has 4 rings (SSSR count). The molecular weight excluding hydrogens is 348 g/mol. The average Bonchev–Trinajstić information content (AvgIpc) is 2.72. The molecule has 1 unspecified atom stereocenters. The molecule has 2 N–H and O–H groups in total. The predicted molar refractivity (Wildman–Crippen MR) is 115 cm³/mol. The predicted octanol–water partition coefficient (Wildman–Crippen LogP) is 4.29. The average molecular weight is 374 g/mol. The number of fused-ring (bicyclic) bond motifs is 1. The maximum atomic E-state index is 12.1. The van der Waals surface area contributed by atoms with Gasteiger partial charge in [0.1, 0.15) is 0 Å². The van der Waals surface area contributed by atoms with Gasteiger partial charge in [0, 0.05) is 31.5 Å². The second-order valence-corrected chi connectivity index (χ2v) is 7.54. The minimum absolute atomic E-state index is 0.0468. The molecular formula is C23H26N4O. The quantitative estimate of drug-likeness (QED) is 0.715. The molecule has 0 spiro atoms. The summed E-state index contributed by atoms with van der Waals surface area (Å²) in [5, 5.41) is 7.20. The molecule has 0 bridgehead atoms. The number of hydrogen-bond donors (Lipinski definition) is 2. The number of benzene rings is 1. The smallest absolute Gasteiger partial charge is 0.253 e. The number of anilines is 2. The molecule has 0 amide bonds. The van der Waals surface area contributed by atoms with Crippen LogP contribution in [-0.4, -0.2) is 16.1 Å². The lowest BCUT2D eigenvalue weighted by Gasteiger charge is -2.25. The Labute approximate surface area is 165 Å². The first-order valence-electron chi connectivity index (χ1n) is 9.79. The Bertz CT molecular complexity index is 1030. The zero-order chi connectivity index (χ0) is 19.7. The highest BCUT2D eigenvalue weighted by molar-refractivity contribution is 5.81. The molecule has 0 radical (unpaired) electrons. The van der Waals surface area contributed by atoms with Gasteiger partial charge in [-0.05, 0) is 73.7 Å². The van der Waals surface area contributed by atoms with Crippen LogP contribution < -0.4 is 16.2 Å². The molecule has 3 heterocycles. The summed E-state index contributed by atoms with van der Waals surface area (Å²) < 4.78 is 1.66. The number of nitrogens with one attached hydrogen (secondary N) is 2. The third kappa shape index (κ3) is 3.52. The van der Waals surface area contributed by atoms with Gasteiger partial charge in [-0.25, -0.2) is 0 Å². The Morgan fingerprint density at radius 2 is 2.07 bits per heavy atom. The Kier molecular flexibility index (Phi) is 4.90. The van der Waals surface area contributed by atoms with Crippen LogP contribution in [0.25, 0.3) is 11.1 Å². The summed E-state index contributed by atoms with van der Waals surface area (Å²) >= 11 is 0. The molecule has 0 fully saturated rings. The first kappa shape index (κ1) is 18.3. The van der Waals surface area contributed by atoms with E-state index in [-0.39, 0.29) is 11.6 Å². The highest BCUT2D eigenvalue weighted by atomic mass is 16.1. The van der Waals surface area contributed by atoms with Crippen LogP contribution in [0.5, 0.6) is 0 Å². The molecule has 1 aliphatic rings. The maximum Gasteiger partial charge on any atom is 0.253 e. The summed E-state index contributed by atoms with van der Waals surface area (Å²) in [5.74, 6) is 0. The molecule has 1 aliphatic heterocycles. The maximum absolute atomic E-state index is 12.1. The van der Waals surface area contributed by atoms with E-state index in [2.05, 4.69) is 34.7 Å². The molecule has 2 aromatic heterocycles. The van der Waals surface area contributed by atoms with Crippen LogP contribution in [0.4, 0.5) is 11.4 Å². The van der Waals surface area contributed by atoms with E-state index in [1.165, 1.54) is 11.3 Å². The van der Waals surface area contributed by atoms with Crippen LogP contribution >= 0.6 is 0 Å². The van der Waals surface area contributed by atoms with Crippen LogP contribution in [0.3, 0.4) is 0 Å². The standard InChI is InChI=1S/C23H26N4O/c1-15-11-19(14-27(3)23(15)28)18-12-17-7-6-10-25-22(17)21(13-18)26-16(2)20-8-4-5-9-24-20/h4-5,8-9,11-14,16,25-26H,6-7,10H2,1-3H3. The van der Waals surface area contributed by atoms with Gasteiger partial charge >= 0.3 is 0 Å².